The molecule has 2 heterocycles. The Morgan fingerprint density at radius 2 is 1.76 bits per heavy atom. The summed E-state index contributed by atoms with van der Waals surface area (Å²) < 4.78 is 64.8. The largest absolute Gasteiger partial charge is 0.496 e. The van der Waals surface area contributed by atoms with Crippen LogP contribution in [0.2, 0.25) is 0 Å². The number of Topliss-reactive ketones (excluding diaryl/α,β-unsaturated/α-hetero) is 1. The number of nitrogens with zero attached hydrogens (tertiary/aromatic N) is 1. The van der Waals surface area contributed by atoms with Crippen molar-refractivity contribution in [2.45, 2.75) is 31.9 Å². The number of ketones is 1. The highest BCUT2D eigenvalue weighted by molar-refractivity contribution is 6.12. The predicted molar refractivity (Wildman–Crippen MR) is 148 cm³/mol. The molecule has 7 nitrogen and oxygen atoms in total. The number of aromatic nitrogens is 1. The lowest BCUT2D eigenvalue weighted by atomic mass is 9.43. The first-order chi connectivity index (χ1) is 20.0. The van der Waals surface area contributed by atoms with Crippen LogP contribution in [0.25, 0.3) is 33.6 Å². The molecule has 0 radical (unpaired) electrons. The SMILES string of the molecule is CNC(=O)c1c(-c2ccc(F)cc2)oc2nc(NCC(F)(F)F)c(-c3ccc(OC)c(C(=O)CC45CC(C4)C5)c3)cc12. The zero-order valence-electron chi connectivity index (χ0n) is 22.8. The van der Waals surface area contributed by atoms with Crippen LogP contribution >= 0.6 is 0 Å². The van der Waals surface area contributed by atoms with Crippen molar-refractivity contribution in [3.05, 3.63) is 65.5 Å². The summed E-state index contributed by atoms with van der Waals surface area (Å²) in [6.45, 7) is -1.38. The second-order valence-electron chi connectivity index (χ2n) is 11.1. The molecular weight excluding hydrogens is 554 g/mol. The van der Waals surface area contributed by atoms with Crippen molar-refractivity contribution in [2.24, 2.45) is 11.3 Å². The van der Waals surface area contributed by atoms with Crippen LogP contribution in [-0.2, 0) is 0 Å². The summed E-state index contributed by atoms with van der Waals surface area (Å²) in [5, 5.41) is 5.12. The highest BCUT2D eigenvalue weighted by atomic mass is 19.4. The van der Waals surface area contributed by atoms with Crippen LogP contribution in [0.5, 0.6) is 5.75 Å². The number of halogens is 4. The summed E-state index contributed by atoms with van der Waals surface area (Å²) in [5.41, 5.74) is 1.38. The van der Waals surface area contributed by atoms with Crippen LogP contribution in [0.4, 0.5) is 23.4 Å². The van der Waals surface area contributed by atoms with E-state index in [1.807, 2.05) is 0 Å². The van der Waals surface area contributed by atoms with E-state index in [0.29, 0.717) is 34.8 Å². The van der Waals surface area contributed by atoms with E-state index in [0.717, 1.165) is 19.3 Å². The standard InChI is InChI=1S/C31H27F4N3O4/c1-36-28(40)25-22-10-20(18-5-8-24(41-2)21(9-18)23(39)14-30-11-16(12-30)13-30)27(37-15-31(33,34)35)38-29(22)42-26(25)17-3-6-19(32)7-4-17/h3-10,16H,11-15H2,1-2H3,(H,36,40)(H,37,38). The summed E-state index contributed by atoms with van der Waals surface area (Å²) in [5.74, 6) is -0.114. The van der Waals surface area contributed by atoms with E-state index in [2.05, 4.69) is 15.6 Å². The number of fused-ring (bicyclic) bond motifs is 1. The van der Waals surface area contributed by atoms with Crippen molar-refractivity contribution in [3.8, 4) is 28.2 Å². The Morgan fingerprint density at radius 3 is 2.36 bits per heavy atom. The normalized spacial score (nSPS) is 19.1. The Hall–Kier alpha value is -4.41. The lowest BCUT2D eigenvalue weighted by Crippen LogP contribution is -2.52. The molecule has 11 heteroatoms. The molecule has 0 unspecified atom stereocenters. The van der Waals surface area contributed by atoms with Crippen LogP contribution in [0.15, 0.2) is 52.9 Å². The zero-order chi connectivity index (χ0) is 29.8. The van der Waals surface area contributed by atoms with Crippen molar-refractivity contribution in [1.82, 2.24) is 10.3 Å². The molecule has 0 atom stereocenters. The predicted octanol–water partition coefficient (Wildman–Crippen LogP) is 7.02. The van der Waals surface area contributed by atoms with Gasteiger partial charge >= 0.3 is 6.18 Å². The van der Waals surface area contributed by atoms with E-state index >= 15 is 0 Å². The minimum absolute atomic E-state index is 0.0403. The van der Waals surface area contributed by atoms with Gasteiger partial charge < -0.3 is 19.8 Å². The number of hydrogen-bond acceptors (Lipinski definition) is 6. The number of alkyl halides is 3. The number of pyridine rings is 1. The maximum Gasteiger partial charge on any atom is 0.405 e. The van der Waals surface area contributed by atoms with Crippen LogP contribution < -0.4 is 15.4 Å². The molecule has 2 N–H and O–H groups in total. The van der Waals surface area contributed by atoms with E-state index in [9.17, 15) is 27.2 Å². The van der Waals surface area contributed by atoms with Gasteiger partial charge in [-0.25, -0.2) is 4.39 Å². The molecule has 4 aromatic rings. The molecule has 0 saturated heterocycles. The lowest BCUT2D eigenvalue weighted by Gasteiger charge is -2.62. The topological polar surface area (TPSA) is 93.5 Å². The van der Waals surface area contributed by atoms with E-state index < -0.39 is 24.4 Å². The number of furan rings is 1. The summed E-state index contributed by atoms with van der Waals surface area (Å²) >= 11 is 0. The maximum atomic E-state index is 13.6. The van der Waals surface area contributed by atoms with Crippen molar-refractivity contribution in [3.63, 3.8) is 0 Å². The fraction of sp³-hybridized carbons (Fsp3) is 0.323. The third-order valence-corrected chi connectivity index (χ3v) is 8.21. The molecular formula is C31H27F4N3O4. The van der Waals surface area contributed by atoms with Crippen LogP contribution in [0.3, 0.4) is 0 Å². The van der Waals surface area contributed by atoms with Crippen molar-refractivity contribution < 1.29 is 36.3 Å². The fourth-order valence-corrected chi connectivity index (χ4v) is 6.12. The number of anilines is 1. The van der Waals surface area contributed by atoms with Crippen LogP contribution in [-0.4, -0.2) is 43.6 Å². The first-order valence-corrected chi connectivity index (χ1v) is 13.5. The Labute approximate surface area is 238 Å². The zero-order valence-corrected chi connectivity index (χ0v) is 22.8. The number of rotatable bonds is 9. The summed E-state index contributed by atoms with van der Waals surface area (Å²) in [7, 11) is 2.88. The molecule has 3 aliphatic carbocycles. The highest BCUT2D eigenvalue weighted by Crippen LogP contribution is 2.66. The number of methoxy groups -OCH3 is 1. The Balaban J connectivity index is 1.51. The molecule has 2 aromatic heterocycles. The molecule has 3 aliphatic rings. The number of amides is 1. The molecule has 218 valence electrons. The summed E-state index contributed by atoms with van der Waals surface area (Å²) in [6, 6.07) is 11.6. The molecule has 2 aromatic carbocycles. The van der Waals surface area contributed by atoms with Gasteiger partial charge in [-0.05, 0) is 78.6 Å². The number of nitrogens with one attached hydrogen (secondary N) is 2. The van der Waals surface area contributed by atoms with Gasteiger partial charge in [-0.3, -0.25) is 9.59 Å². The van der Waals surface area contributed by atoms with Gasteiger partial charge in [-0.1, -0.05) is 6.07 Å². The van der Waals surface area contributed by atoms with E-state index in [4.69, 9.17) is 9.15 Å². The van der Waals surface area contributed by atoms with E-state index in [1.165, 1.54) is 44.5 Å². The van der Waals surface area contributed by atoms with Crippen LogP contribution in [0.1, 0.15) is 46.4 Å². The average Bonchev–Trinajstić information content (AvgIpc) is 3.30. The highest BCUT2D eigenvalue weighted by Gasteiger charge is 2.57. The third kappa shape index (κ3) is 4.97. The van der Waals surface area contributed by atoms with Gasteiger partial charge in [0.1, 0.15) is 29.7 Å². The van der Waals surface area contributed by atoms with Gasteiger partial charge in [-0.15, -0.1) is 0 Å². The van der Waals surface area contributed by atoms with Gasteiger partial charge in [0.05, 0.1) is 23.6 Å². The minimum atomic E-state index is -4.55. The smallest absolute Gasteiger partial charge is 0.405 e. The van der Waals surface area contributed by atoms with Gasteiger partial charge in [0.2, 0.25) is 5.71 Å². The second kappa shape index (κ2) is 10.1. The number of carbonyl (C=O) groups excluding carboxylic acids is 2. The van der Waals surface area contributed by atoms with Gasteiger partial charge in [0, 0.05) is 24.6 Å². The van der Waals surface area contributed by atoms with Gasteiger partial charge in [-0.2, -0.15) is 18.2 Å². The molecule has 42 heavy (non-hydrogen) atoms. The molecule has 0 aliphatic heterocycles. The monoisotopic (exact) mass is 581 g/mol. The number of ether oxygens (including phenoxy) is 1. The van der Waals surface area contributed by atoms with Crippen LogP contribution in [0, 0.1) is 17.2 Å². The average molecular weight is 582 g/mol. The Morgan fingerprint density at radius 1 is 1.07 bits per heavy atom. The van der Waals surface area contributed by atoms with Gasteiger partial charge in [0.25, 0.3) is 5.91 Å². The number of carbonyl (C=O) groups is 2. The van der Waals surface area contributed by atoms with Crippen molar-refractivity contribution >= 4 is 28.6 Å². The lowest BCUT2D eigenvalue weighted by molar-refractivity contribution is -0.115. The molecule has 0 spiro atoms. The molecule has 7 rings (SSSR count). The van der Waals surface area contributed by atoms with Crippen molar-refractivity contribution in [2.75, 3.05) is 26.0 Å². The summed E-state index contributed by atoms with van der Waals surface area (Å²) in [6.07, 6.45) is -1.07. The third-order valence-electron chi connectivity index (χ3n) is 8.21. The van der Waals surface area contributed by atoms with Gasteiger partial charge in [0.15, 0.2) is 5.78 Å². The maximum absolute atomic E-state index is 13.6. The second-order valence-corrected chi connectivity index (χ2v) is 11.1. The number of benzene rings is 2. The first kappa shape index (κ1) is 27.7. The summed E-state index contributed by atoms with van der Waals surface area (Å²) in [4.78, 5) is 30.8. The fourth-order valence-electron chi connectivity index (χ4n) is 6.12. The number of hydrogen-bond donors (Lipinski definition) is 2. The van der Waals surface area contributed by atoms with E-state index in [1.54, 1.807) is 18.2 Å². The molecule has 3 saturated carbocycles. The molecule has 1 amide bonds. The Bertz CT molecular complexity index is 1700. The molecule has 2 bridgehead atoms. The quantitative estimate of drug-likeness (QED) is 0.163. The Kier molecular flexibility index (Phi) is 6.70. The minimum Gasteiger partial charge on any atom is -0.496 e. The first-order valence-electron chi connectivity index (χ1n) is 13.5. The van der Waals surface area contributed by atoms with E-state index in [-0.39, 0.29) is 45.0 Å². The molecule has 3 fully saturated rings. The van der Waals surface area contributed by atoms with Crippen molar-refractivity contribution in [1.29, 1.82) is 0 Å².